The maximum absolute atomic E-state index is 11.1. The molecular weight excluding hydrogens is 179 g/mol. The topological polar surface area (TPSA) is 26.3 Å². The van der Waals surface area contributed by atoms with Crippen LogP contribution in [-0.2, 0) is 15.3 Å². The van der Waals surface area contributed by atoms with Gasteiger partial charge in [-0.3, -0.25) is 4.57 Å². The molecule has 0 saturated heterocycles. The summed E-state index contributed by atoms with van der Waals surface area (Å²) < 4.78 is 16.0. The van der Waals surface area contributed by atoms with Gasteiger partial charge in [-0.15, -0.1) is 11.3 Å². The van der Waals surface area contributed by atoms with E-state index in [-0.39, 0.29) is 0 Å². The van der Waals surface area contributed by atoms with Crippen molar-refractivity contribution < 1.29 is 9.09 Å². The van der Waals surface area contributed by atoms with Crippen LogP contribution in [-0.4, -0.2) is 6.61 Å². The minimum atomic E-state index is -1.80. The SMILES string of the molecule is CCO[PH](=O)Cc1cccs1. The van der Waals surface area contributed by atoms with E-state index in [1.54, 1.807) is 11.3 Å². The van der Waals surface area contributed by atoms with Crippen molar-refractivity contribution in [2.24, 2.45) is 0 Å². The molecular formula is C7H11O2PS. The second-order valence-electron chi connectivity index (χ2n) is 2.06. The van der Waals surface area contributed by atoms with E-state index in [1.165, 1.54) is 0 Å². The zero-order valence-corrected chi connectivity index (χ0v) is 8.19. The Morgan fingerprint density at radius 1 is 1.73 bits per heavy atom. The average Bonchev–Trinajstić information content (AvgIpc) is 2.40. The molecule has 1 aromatic heterocycles. The molecule has 1 atom stereocenters. The zero-order valence-electron chi connectivity index (χ0n) is 6.37. The van der Waals surface area contributed by atoms with E-state index in [0.29, 0.717) is 12.8 Å². The van der Waals surface area contributed by atoms with Crippen LogP contribution in [0.25, 0.3) is 0 Å². The van der Waals surface area contributed by atoms with Crippen molar-refractivity contribution in [3.8, 4) is 0 Å². The Labute approximate surface area is 71.1 Å². The van der Waals surface area contributed by atoms with Gasteiger partial charge in [-0.05, 0) is 18.4 Å². The molecule has 62 valence electrons. The highest BCUT2D eigenvalue weighted by molar-refractivity contribution is 7.38. The summed E-state index contributed by atoms with van der Waals surface area (Å²) in [6.45, 7) is 2.40. The molecule has 0 spiro atoms. The monoisotopic (exact) mass is 190 g/mol. The lowest BCUT2D eigenvalue weighted by molar-refractivity contribution is 0.350. The van der Waals surface area contributed by atoms with E-state index in [9.17, 15) is 4.57 Å². The first-order valence-electron chi connectivity index (χ1n) is 3.51. The van der Waals surface area contributed by atoms with Gasteiger partial charge >= 0.3 is 0 Å². The number of rotatable bonds is 4. The predicted molar refractivity (Wildman–Crippen MR) is 48.7 cm³/mol. The quantitative estimate of drug-likeness (QED) is 0.682. The van der Waals surface area contributed by atoms with E-state index in [1.807, 2.05) is 24.4 Å². The van der Waals surface area contributed by atoms with Gasteiger partial charge in [-0.1, -0.05) is 6.07 Å². The molecule has 1 aromatic rings. The van der Waals surface area contributed by atoms with Crippen molar-refractivity contribution in [3.05, 3.63) is 22.4 Å². The van der Waals surface area contributed by atoms with Crippen molar-refractivity contribution in [3.63, 3.8) is 0 Å². The molecule has 0 aliphatic rings. The van der Waals surface area contributed by atoms with Crippen molar-refractivity contribution >= 4 is 19.4 Å². The fraction of sp³-hybridized carbons (Fsp3) is 0.429. The molecule has 11 heavy (non-hydrogen) atoms. The van der Waals surface area contributed by atoms with Gasteiger partial charge in [0.1, 0.15) is 0 Å². The van der Waals surface area contributed by atoms with Crippen LogP contribution in [0.3, 0.4) is 0 Å². The van der Waals surface area contributed by atoms with Crippen LogP contribution >= 0.6 is 19.4 Å². The molecule has 0 saturated carbocycles. The van der Waals surface area contributed by atoms with Gasteiger partial charge < -0.3 is 4.52 Å². The first kappa shape index (κ1) is 8.98. The normalized spacial score (nSPS) is 13.2. The molecule has 4 heteroatoms. The first-order chi connectivity index (χ1) is 5.33. The van der Waals surface area contributed by atoms with E-state index in [4.69, 9.17) is 4.52 Å². The Morgan fingerprint density at radius 2 is 2.55 bits per heavy atom. The summed E-state index contributed by atoms with van der Waals surface area (Å²) in [5.74, 6) is 0. The van der Waals surface area contributed by atoms with Crippen LogP contribution in [0.15, 0.2) is 17.5 Å². The van der Waals surface area contributed by atoms with Crippen LogP contribution in [0, 0.1) is 0 Å². The van der Waals surface area contributed by atoms with E-state index in [0.717, 1.165) is 4.88 Å². The predicted octanol–water partition coefficient (Wildman–Crippen LogP) is 2.76. The van der Waals surface area contributed by atoms with Crippen molar-refractivity contribution in [1.29, 1.82) is 0 Å². The molecule has 1 unspecified atom stereocenters. The smallest absolute Gasteiger partial charge is 0.196 e. The molecule has 0 bridgehead atoms. The van der Waals surface area contributed by atoms with Crippen molar-refractivity contribution in [2.45, 2.75) is 13.1 Å². The number of hydrogen-bond donors (Lipinski definition) is 0. The standard InChI is InChI=1S/C7H11O2PS/c1-2-9-10(8)6-7-4-3-5-11-7/h3-5,10H,2,6H2,1H3. The average molecular weight is 190 g/mol. The zero-order chi connectivity index (χ0) is 8.10. The van der Waals surface area contributed by atoms with Crippen LogP contribution in [0.2, 0.25) is 0 Å². The summed E-state index contributed by atoms with van der Waals surface area (Å²) in [6, 6.07) is 3.94. The van der Waals surface area contributed by atoms with Gasteiger partial charge in [0, 0.05) is 4.88 Å². The molecule has 1 heterocycles. The lowest BCUT2D eigenvalue weighted by Crippen LogP contribution is -1.79. The number of thiophene rings is 1. The van der Waals surface area contributed by atoms with Gasteiger partial charge in [-0.2, -0.15) is 0 Å². The Balaban J connectivity index is 2.37. The first-order valence-corrected chi connectivity index (χ1v) is 5.91. The van der Waals surface area contributed by atoms with Gasteiger partial charge in [0.15, 0.2) is 8.03 Å². The summed E-state index contributed by atoms with van der Waals surface area (Å²) in [5.41, 5.74) is 0. The molecule has 0 N–H and O–H groups in total. The molecule has 0 aliphatic carbocycles. The molecule has 0 aliphatic heterocycles. The summed E-state index contributed by atoms with van der Waals surface area (Å²) >= 11 is 1.62. The summed E-state index contributed by atoms with van der Waals surface area (Å²) in [5, 5.41) is 1.98. The van der Waals surface area contributed by atoms with Crippen LogP contribution in [0.5, 0.6) is 0 Å². The molecule has 0 radical (unpaired) electrons. The maximum atomic E-state index is 11.1. The summed E-state index contributed by atoms with van der Waals surface area (Å²) in [4.78, 5) is 1.14. The lowest BCUT2D eigenvalue weighted by atomic mass is 10.5. The third-order valence-electron chi connectivity index (χ3n) is 1.20. The highest BCUT2D eigenvalue weighted by Crippen LogP contribution is 2.29. The van der Waals surface area contributed by atoms with Gasteiger partial charge in [-0.25, -0.2) is 0 Å². The Kier molecular flexibility index (Phi) is 3.84. The lowest BCUT2D eigenvalue weighted by Gasteiger charge is -1.97. The van der Waals surface area contributed by atoms with Gasteiger partial charge in [0.25, 0.3) is 0 Å². The second kappa shape index (κ2) is 4.70. The Bertz CT molecular complexity index is 220. The summed E-state index contributed by atoms with van der Waals surface area (Å²) in [6.07, 6.45) is 0.593. The Morgan fingerprint density at radius 3 is 3.09 bits per heavy atom. The molecule has 0 amide bonds. The second-order valence-corrected chi connectivity index (χ2v) is 4.48. The highest BCUT2D eigenvalue weighted by atomic mass is 32.1. The van der Waals surface area contributed by atoms with Crippen molar-refractivity contribution in [1.82, 2.24) is 0 Å². The van der Waals surface area contributed by atoms with Gasteiger partial charge in [0.2, 0.25) is 0 Å². The largest absolute Gasteiger partial charge is 0.331 e. The highest BCUT2D eigenvalue weighted by Gasteiger charge is 2.00. The molecule has 0 fully saturated rings. The minimum Gasteiger partial charge on any atom is -0.331 e. The van der Waals surface area contributed by atoms with E-state index >= 15 is 0 Å². The fourth-order valence-corrected chi connectivity index (χ4v) is 2.77. The molecule has 2 nitrogen and oxygen atoms in total. The van der Waals surface area contributed by atoms with E-state index in [2.05, 4.69) is 0 Å². The number of hydrogen-bond acceptors (Lipinski definition) is 3. The molecule has 1 rings (SSSR count). The van der Waals surface area contributed by atoms with Crippen LogP contribution in [0.4, 0.5) is 0 Å². The van der Waals surface area contributed by atoms with E-state index < -0.39 is 8.03 Å². The Hall–Kier alpha value is -0.110. The summed E-state index contributed by atoms with van der Waals surface area (Å²) in [7, 11) is -1.80. The van der Waals surface area contributed by atoms with Gasteiger partial charge in [0.05, 0.1) is 12.8 Å². The third kappa shape index (κ3) is 3.19. The maximum Gasteiger partial charge on any atom is 0.196 e. The minimum absolute atomic E-state index is 0.545. The molecule has 0 aromatic carbocycles. The van der Waals surface area contributed by atoms with Crippen LogP contribution in [0.1, 0.15) is 11.8 Å². The van der Waals surface area contributed by atoms with Crippen molar-refractivity contribution in [2.75, 3.05) is 6.61 Å². The fourth-order valence-electron chi connectivity index (χ4n) is 0.767. The third-order valence-corrected chi connectivity index (χ3v) is 3.62. The van der Waals surface area contributed by atoms with Crippen LogP contribution < -0.4 is 0 Å².